The lowest BCUT2D eigenvalue weighted by molar-refractivity contribution is -0.134. The average Bonchev–Trinajstić information content (AvgIpc) is 2.32. The zero-order valence-corrected chi connectivity index (χ0v) is 10.4. The molecule has 5 heteroatoms. The molecule has 1 fully saturated rings. The van der Waals surface area contributed by atoms with Crippen molar-refractivity contribution in [2.75, 3.05) is 11.9 Å². The second-order valence-electron chi connectivity index (χ2n) is 4.51. The fourth-order valence-electron chi connectivity index (χ4n) is 2.03. The molecule has 0 saturated carbocycles. The molecule has 0 spiro atoms. The van der Waals surface area contributed by atoms with E-state index in [1.165, 1.54) is 6.07 Å². The zero-order chi connectivity index (χ0) is 13.3. The number of aryl methyl sites for hydroxylation is 1. The predicted octanol–water partition coefficient (Wildman–Crippen LogP) is 1.38. The van der Waals surface area contributed by atoms with E-state index in [0.717, 1.165) is 0 Å². The second kappa shape index (κ2) is 4.76. The van der Waals surface area contributed by atoms with Crippen LogP contribution in [0.25, 0.3) is 0 Å². The molecule has 4 nitrogen and oxygen atoms in total. The first-order chi connectivity index (χ1) is 8.49. The van der Waals surface area contributed by atoms with Gasteiger partial charge in [0.1, 0.15) is 11.9 Å². The summed E-state index contributed by atoms with van der Waals surface area (Å²) in [5, 5.41) is 2.29. The Kier molecular flexibility index (Phi) is 3.32. The van der Waals surface area contributed by atoms with E-state index in [4.69, 9.17) is 0 Å². The van der Waals surface area contributed by atoms with E-state index in [1.54, 1.807) is 31.0 Å². The van der Waals surface area contributed by atoms with Crippen molar-refractivity contribution < 1.29 is 14.0 Å². The minimum absolute atomic E-state index is 0.250. The first kappa shape index (κ1) is 12.5. The van der Waals surface area contributed by atoms with Crippen molar-refractivity contribution in [3.05, 3.63) is 29.6 Å². The Hall–Kier alpha value is -1.91. The van der Waals surface area contributed by atoms with Crippen LogP contribution in [-0.4, -0.2) is 24.9 Å². The smallest absolute Gasteiger partial charge is 0.249 e. The summed E-state index contributed by atoms with van der Waals surface area (Å²) < 4.78 is 13.5. The Bertz CT molecular complexity index is 502. The SMILES string of the molecule is Cc1ccc(N(C)C2CCC(=O)NC2=O)cc1F. The number of amides is 2. The summed E-state index contributed by atoms with van der Waals surface area (Å²) in [4.78, 5) is 24.5. The number of likely N-dealkylation sites (N-methyl/N-ethyl adjacent to an activating group) is 1. The van der Waals surface area contributed by atoms with Crippen molar-refractivity contribution in [3.8, 4) is 0 Å². The van der Waals surface area contributed by atoms with E-state index >= 15 is 0 Å². The maximum atomic E-state index is 13.5. The number of imide groups is 1. The Morgan fingerprint density at radius 1 is 1.39 bits per heavy atom. The molecular weight excluding hydrogens is 235 g/mol. The molecule has 1 N–H and O–H groups in total. The molecule has 1 aliphatic heterocycles. The van der Waals surface area contributed by atoms with Crippen molar-refractivity contribution in [3.63, 3.8) is 0 Å². The number of piperidine rings is 1. The molecule has 0 radical (unpaired) electrons. The monoisotopic (exact) mass is 250 g/mol. The molecule has 1 unspecified atom stereocenters. The molecule has 1 saturated heterocycles. The standard InChI is InChI=1S/C13H15FN2O2/c1-8-3-4-9(7-10(8)14)16(2)11-5-6-12(17)15-13(11)18/h3-4,7,11H,5-6H2,1-2H3,(H,15,17,18). The number of rotatable bonds is 2. The lowest BCUT2D eigenvalue weighted by Crippen LogP contribution is -2.51. The van der Waals surface area contributed by atoms with Crippen LogP contribution < -0.4 is 10.2 Å². The van der Waals surface area contributed by atoms with Crippen LogP contribution in [-0.2, 0) is 9.59 Å². The van der Waals surface area contributed by atoms with Crippen LogP contribution in [0.1, 0.15) is 18.4 Å². The minimum atomic E-state index is -0.426. The van der Waals surface area contributed by atoms with Gasteiger partial charge >= 0.3 is 0 Å². The third kappa shape index (κ3) is 2.34. The molecule has 1 aromatic carbocycles. The molecule has 1 heterocycles. The molecule has 1 aromatic rings. The summed E-state index contributed by atoms with van der Waals surface area (Å²) >= 11 is 0. The summed E-state index contributed by atoms with van der Waals surface area (Å²) in [5.74, 6) is -0.874. The lowest BCUT2D eigenvalue weighted by atomic mass is 10.0. The quantitative estimate of drug-likeness (QED) is 0.807. The zero-order valence-electron chi connectivity index (χ0n) is 10.4. The van der Waals surface area contributed by atoms with Crippen molar-refractivity contribution in [2.45, 2.75) is 25.8 Å². The van der Waals surface area contributed by atoms with E-state index in [2.05, 4.69) is 5.32 Å². The Morgan fingerprint density at radius 2 is 2.11 bits per heavy atom. The highest BCUT2D eigenvalue weighted by molar-refractivity contribution is 6.01. The summed E-state index contributed by atoms with van der Waals surface area (Å²) in [7, 11) is 1.73. The number of halogens is 1. The third-order valence-electron chi connectivity index (χ3n) is 3.24. The number of hydrogen-bond acceptors (Lipinski definition) is 3. The predicted molar refractivity (Wildman–Crippen MR) is 65.7 cm³/mol. The van der Waals surface area contributed by atoms with Crippen LogP contribution in [0, 0.1) is 12.7 Å². The fraction of sp³-hybridized carbons (Fsp3) is 0.385. The summed E-state index contributed by atoms with van der Waals surface area (Å²) in [5.41, 5.74) is 1.20. The Balaban J connectivity index is 2.20. The van der Waals surface area contributed by atoms with Crippen molar-refractivity contribution >= 4 is 17.5 Å². The van der Waals surface area contributed by atoms with E-state index in [1.807, 2.05) is 0 Å². The van der Waals surface area contributed by atoms with Gasteiger partial charge in [-0.1, -0.05) is 6.07 Å². The minimum Gasteiger partial charge on any atom is -0.363 e. The molecule has 1 aliphatic rings. The molecular formula is C13H15FN2O2. The van der Waals surface area contributed by atoms with Gasteiger partial charge in [-0.05, 0) is 31.0 Å². The number of anilines is 1. The Morgan fingerprint density at radius 3 is 2.72 bits per heavy atom. The van der Waals surface area contributed by atoms with E-state index in [-0.39, 0.29) is 17.6 Å². The lowest BCUT2D eigenvalue weighted by Gasteiger charge is -2.31. The first-order valence-electron chi connectivity index (χ1n) is 5.81. The fourth-order valence-corrected chi connectivity index (χ4v) is 2.03. The van der Waals surface area contributed by atoms with Crippen LogP contribution >= 0.6 is 0 Å². The number of nitrogens with zero attached hydrogens (tertiary/aromatic N) is 1. The topological polar surface area (TPSA) is 49.4 Å². The van der Waals surface area contributed by atoms with Gasteiger partial charge in [0.15, 0.2) is 0 Å². The van der Waals surface area contributed by atoms with Gasteiger partial charge in [0.05, 0.1) is 0 Å². The molecule has 2 rings (SSSR count). The average molecular weight is 250 g/mol. The van der Waals surface area contributed by atoms with Gasteiger partial charge in [0.2, 0.25) is 11.8 Å². The van der Waals surface area contributed by atoms with E-state index in [9.17, 15) is 14.0 Å². The summed E-state index contributed by atoms with van der Waals surface area (Å²) in [6.07, 6.45) is 0.770. The largest absolute Gasteiger partial charge is 0.363 e. The highest BCUT2D eigenvalue weighted by atomic mass is 19.1. The van der Waals surface area contributed by atoms with Gasteiger partial charge in [0.25, 0.3) is 0 Å². The van der Waals surface area contributed by atoms with Crippen molar-refractivity contribution in [2.24, 2.45) is 0 Å². The van der Waals surface area contributed by atoms with Gasteiger partial charge in [-0.15, -0.1) is 0 Å². The van der Waals surface area contributed by atoms with Gasteiger partial charge in [-0.3, -0.25) is 14.9 Å². The van der Waals surface area contributed by atoms with Gasteiger partial charge in [0, 0.05) is 19.2 Å². The third-order valence-corrected chi connectivity index (χ3v) is 3.24. The number of benzene rings is 1. The second-order valence-corrected chi connectivity index (χ2v) is 4.51. The molecule has 0 bridgehead atoms. The number of hydrogen-bond donors (Lipinski definition) is 1. The van der Waals surface area contributed by atoms with Crippen LogP contribution in [0.3, 0.4) is 0 Å². The maximum Gasteiger partial charge on any atom is 0.249 e. The van der Waals surface area contributed by atoms with E-state index < -0.39 is 6.04 Å². The number of nitrogens with one attached hydrogen (secondary N) is 1. The molecule has 18 heavy (non-hydrogen) atoms. The van der Waals surface area contributed by atoms with Crippen LogP contribution in [0.4, 0.5) is 10.1 Å². The van der Waals surface area contributed by atoms with Crippen LogP contribution in [0.5, 0.6) is 0 Å². The van der Waals surface area contributed by atoms with Crippen LogP contribution in [0.2, 0.25) is 0 Å². The van der Waals surface area contributed by atoms with E-state index in [0.29, 0.717) is 24.1 Å². The van der Waals surface area contributed by atoms with Crippen LogP contribution in [0.15, 0.2) is 18.2 Å². The normalized spacial score (nSPS) is 19.6. The highest BCUT2D eigenvalue weighted by Gasteiger charge is 2.30. The van der Waals surface area contributed by atoms with Crippen molar-refractivity contribution in [1.82, 2.24) is 5.32 Å². The molecule has 1 atom stereocenters. The Labute approximate surface area is 105 Å². The molecule has 2 amide bonds. The number of carbonyl (C=O) groups is 2. The molecule has 96 valence electrons. The summed E-state index contributed by atoms with van der Waals surface area (Å²) in [6.45, 7) is 1.69. The highest BCUT2D eigenvalue weighted by Crippen LogP contribution is 2.22. The van der Waals surface area contributed by atoms with Gasteiger partial charge in [-0.25, -0.2) is 4.39 Å². The first-order valence-corrected chi connectivity index (χ1v) is 5.81. The maximum absolute atomic E-state index is 13.5. The van der Waals surface area contributed by atoms with Gasteiger partial charge in [-0.2, -0.15) is 0 Å². The molecule has 0 aliphatic carbocycles. The van der Waals surface area contributed by atoms with Crippen molar-refractivity contribution in [1.29, 1.82) is 0 Å². The molecule has 0 aromatic heterocycles. The number of carbonyl (C=O) groups excluding carboxylic acids is 2. The summed E-state index contributed by atoms with van der Waals surface area (Å²) in [6, 6.07) is 4.42. The van der Waals surface area contributed by atoms with Gasteiger partial charge < -0.3 is 4.90 Å².